The molecule has 0 aliphatic heterocycles. The van der Waals surface area contributed by atoms with Crippen LogP contribution in [0.3, 0.4) is 0 Å². The summed E-state index contributed by atoms with van der Waals surface area (Å²) in [5.74, 6) is 0. The van der Waals surface area contributed by atoms with Crippen molar-refractivity contribution in [3.05, 3.63) is 35.7 Å². The molecule has 2 rings (SSSR count). The SMILES string of the molecule is CNc1nc(-c2[c]cccc2)cs1. The van der Waals surface area contributed by atoms with Crippen molar-refractivity contribution >= 4 is 16.5 Å². The molecule has 0 bridgehead atoms. The molecule has 1 heterocycles. The molecule has 0 aliphatic rings. The van der Waals surface area contributed by atoms with Gasteiger partial charge in [0.15, 0.2) is 5.13 Å². The van der Waals surface area contributed by atoms with Crippen LogP contribution in [-0.2, 0) is 0 Å². The third-order valence-electron chi connectivity index (χ3n) is 1.70. The fraction of sp³-hybridized carbons (Fsp3) is 0.100. The van der Waals surface area contributed by atoms with E-state index in [9.17, 15) is 0 Å². The maximum Gasteiger partial charge on any atom is 0.182 e. The van der Waals surface area contributed by atoms with Gasteiger partial charge in [-0.25, -0.2) is 4.98 Å². The molecule has 0 unspecified atom stereocenters. The molecule has 3 heteroatoms. The van der Waals surface area contributed by atoms with Crippen LogP contribution >= 0.6 is 11.3 Å². The van der Waals surface area contributed by atoms with E-state index < -0.39 is 0 Å². The molecule has 65 valence electrons. The summed E-state index contributed by atoms with van der Waals surface area (Å²) < 4.78 is 0. The van der Waals surface area contributed by atoms with Gasteiger partial charge < -0.3 is 5.32 Å². The molecule has 13 heavy (non-hydrogen) atoms. The van der Waals surface area contributed by atoms with Crippen molar-refractivity contribution in [1.82, 2.24) is 4.98 Å². The third kappa shape index (κ3) is 1.70. The Morgan fingerprint density at radius 1 is 1.46 bits per heavy atom. The second-order valence-corrected chi connectivity index (χ2v) is 3.42. The summed E-state index contributed by atoms with van der Waals surface area (Å²) in [7, 11) is 1.87. The summed E-state index contributed by atoms with van der Waals surface area (Å²) in [5, 5.41) is 5.97. The van der Waals surface area contributed by atoms with Crippen molar-refractivity contribution in [3.8, 4) is 11.3 Å². The molecule has 1 aromatic carbocycles. The normalized spacial score (nSPS) is 9.92. The second kappa shape index (κ2) is 3.58. The van der Waals surface area contributed by atoms with Crippen molar-refractivity contribution in [1.29, 1.82) is 0 Å². The van der Waals surface area contributed by atoms with E-state index in [1.165, 1.54) is 0 Å². The Balaban J connectivity index is 2.36. The Hall–Kier alpha value is -1.35. The number of aromatic nitrogens is 1. The average Bonchev–Trinajstić information content (AvgIpc) is 2.67. The van der Waals surface area contributed by atoms with E-state index in [0.29, 0.717) is 0 Å². The number of rotatable bonds is 2. The van der Waals surface area contributed by atoms with E-state index in [2.05, 4.69) is 16.4 Å². The number of hydrogen-bond donors (Lipinski definition) is 1. The van der Waals surface area contributed by atoms with Crippen molar-refractivity contribution in [2.75, 3.05) is 12.4 Å². The molecule has 0 amide bonds. The molecule has 2 aromatic rings. The first-order chi connectivity index (χ1) is 6.40. The topological polar surface area (TPSA) is 24.9 Å². The van der Waals surface area contributed by atoms with Crippen LogP contribution in [0.15, 0.2) is 29.6 Å². The maximum absolute atomic E-state index is 4.38. The first-order valence-electron chi connectivity index (χ1n) is 4.00. The standard InChI is InChI=1S/C10H9N2S/c1-11-10-12-9(7-13-10)8-5-3-2-4-6-8/h2-5,7H,1H3,(H,11,12). The summed E-state index contributed by atoms with van der Waals surface area (Å²) in [6.07, 6.45) is 0. The van der Waals surface area contributed by atoms with Crippen LogP contribution in [0.25, 0.3) is 11.3 Å². The summed E-state index contributed by atoms with van der Waals surface area (Å²) in [4.78, 5) is 4.38. The molecular weight excluding hydrogens is 180 g/mol. The summed E-state index contributed by atoms with van der Waals surface area (Å²) in [6, 6.07) is 11.0. The minimum absolute atomic E-state index is 0.937. The molecular formula is C10H9N2S. The number of nitrogens with zero attached hydrogens (tertiary/aromatic N) is 1. The Bertz CT molecular complexity index is 381. The van der Waals surface area contributed by atoms with E-state index >= 15 is 0 Å². The van der Waals surface area contributed by atoms with Crippen LogP contribution in [0.1, 0.15) is 0 Å². The van der Waals surface area contributed by atoms with Gasteiger partial charge in [-0.05, 0) is 6.07 Å². The second-order valence-electron chi connectivity index (χ2n) is 2.56. The van der Waals surface area contributed by atoms with Gasteiger partial charge in [0, 0.05) is 18.0 Å². The smallest absolute Gasteiger partial charge is 0.182 e. The lowest BCUT2D eigenvalue weighted by Crippen LogP contribution is -1.85. The largest absolute Gasteiger partial charge is 0.365 e. The van der Waals surface area contributed by atoms with Gasteiger partial charge >= 0.3 is 0 Å². The summed E-state index contributed by atoms with van der Waals surface area (Å²) >= 11 is 1.60. The maximum atomic E-state index is 4.38. The third-order valence-corrected chi connectivity index (χ3v) is 2.56. The number of nitrogens with one attached hydrogen (secondary N) is 1. The molecule has 2 nitrogen and oxygen atoms in total. The number of anilines is 1. The fourth-order valence-electron chi connectivity index (χ4n) is 1.06. The first kappa shape index (κ1) is 8.26. The fourth-order valence-corrected chi connectivity index (χ4v) is 1.74. The average molecular weight is 189 g/mol. The lowest BCUT2D eigenvalue weighted by Gasteiger charge is -1.93. The van der Waals surface area contributed by atoms with E-state index in [0.717, 1.165) is 16.4 Å². The number of hydrogen-bond acceptors (Lipinski definition) is 3. The van der Waals surface area contributed by atoms with E-state index in [4.69, 9.17) is 0 Å². The minimum atomic E-state index is 0.937. The molecule has 1 radical (unpaired) electrons. The van der Waals surface area contributed by atoms with Crippen molar-refractivity contribution in [3.63, 3.8) is 0 Å². The highest BCUT2D eigenvalue weighted by atomic mass is 32.1. The van der Waals surface area contributed by atoms with Crippen LogP contribution in [0.2, 0.25) is 0 Å². The van der Waals surface area contributed by atoms with Crippen LogP contribution in [0.5, 0.6) is 0 Å². The van der Waals surface area contributed by atoms with Crippen molar-refractivity contribution in [2.24, 2.45) is 0 Å². The monoisotopic (exact) mass is 189 g/mol. The molecule has 0 spiro atoms. The quantitative estimate of drug-likeness (QED) is 0.785. The van der Waals surface area contributed by atoms with Crippen LogP contribution < -0.4 is 5.32 Å². The van der Waals surface area contributed by atoms with Crippen molar-refractivity contribution < 1.29 is 0 Å². The molecule has 0 saturated heterocycles. The zero-order chi connectivity index (χ0) is 9.10. The first-order valence-corrected chi connectivity index (χ1v) is 4.88. The zero-order valence-corrected chi connectivity index (χ0v) is 8.06. The summed E-state index contributed by atoms with van der Waals surface area (Å²) in [5.41, 5.74) is 2.02. The number of benzene rings is 1. The van der Waals surface area contributed by atoms with Gasteiger partial charge in [-0.2, -0.15) is 0 Å². The minimum Gasteiger partial charge on any atom is -0.365 e. The summed E-state index contributed by atoms with van der Waals surface area (Å²) in [6.45, 7) is 0. The highest BCUT2D eigenvalue weighted by molar-refractivity contribution is 7.14. The molecule has 0 saturated carbocycles. The molecule has 1 aromatic heterocycles. The lowest BCUT2D eigenvalue weighted by atomic mass is 10.2. The Morgan fingerprint density at radius 2 is 2.38 bits per heavy atom. The van der Waals surface area contributed by atoms with Crippen molar-refractivity contribution in [2.45, 2.75) is 0 Å². The van der Waals surface area contributed by atoms with Crippen LogP contribution in [0, 0.1) is 6.07 Å². The Morgan fingerprint density at radius 3 is 3.00 bits per heavy atom. The highest BCUT2D eigenvalue weighted by Gasteiger charge is 2.01. The predicted octanol–water partition coefficient (Wildman–Crippen LogP) is 2.65. The van der Waals surface area contributed by atoms with Gasteiger partial charge in [-0.3, -0.25) is 0 Å². The van der Waals surface area contributed by atoms with E-state index in [1.54, 1.807) is 11.3 Å². The van der Waals surface area contributed by atoms with Gasteiger partial charge in [0.25, 0.3) is 0 Å². The zero-order valence-electron chi connectivity index (χ0n) is 7.24. The van der Waals surface area contributed by atoms with E-state index in [-0.39, 0.29) is 0 Å². The van der Waals surface area contributed by atoms with Crippen LogP contribution in [-0.4, -0.2) is 12.0 Å². The highest BCUT2D eigenvalue weighted by Crippen LogP contribution is 2.23. The molecule has 0 atom stereocenters. The van der Waals surface area contributed by atoms with E-state index in [1.807, 2.05) is 36.7 Å². The van der Waals surface area contributed by atoms with Crippen LogP contribution in [0.4, 0.5) is 5.13 Å². The number of thiazole rings is 1. The lowest BCUT2D eigenvalue weighted by molar-refractivity contribution is 1.36. The molecule has 1 N–H and O–H groups in total. The van der Waals surface area contributed by atoms with Gasteiger partial charge in [0.1, 0.15) is 0 Å². The molecule has 0 fully saturated rings. The Kier molecular flexibility index (Phi) is 2.27. The molecule has 0 aliphatic carbocycles. The van der Waals surface area contributed by atoms with Gasteiger partial charge in [0.2, 0.25) is 0 Å². The Labute approximate surface area is 81.3 Å². The van der Waals surface area contributed by atoms with Gasteiger partial charge in [0.05, 0.1) is 5.69 Å². The predicted molar refractivity (Wildman–Crippen MR) is 55.9 cm³/mol. The van der Waals surface area contributed by atoms with Gasteiger partial charge in [-0.15, -0.1) is 11.3 Å². The van der Waals surface area contributed by atoms with Gasteiger partial charge in [-0.1, -0.05) is 24.3 Å².